The number of carbonyl (C=O) groups is 2. The first-order chi connectivity index (χ1) is 16.3. The molecule has 1 heterocycles. The minimum Gasteiger partial charge on any atom is -0.486 e. The lowest BCUT2D eigenvalue weighted by Crippen LogP contribution is -2.38. The van der Waals surface area contributed by atoms with Gasteiger partial charge in [-0.2, -0.15) is 0 Å². The fourth-order valence-corrected chi connectivity index (χ4v) is 5.09. The van der Waals surface area contributed by atoms with Crippen LogP contribution in [0.3, 0.4) is 0 Å². The summed E-state index contributed by atoms with van der Waals surface area (Å²) in [5.74, 6) is 1.51. The second kappa shape index (κ2) is 11.3. The maximum Gasteiger partial charge on any atom is 0.410 e. The highest BCUT2D eigenvalue weighted by atomic mass is 35.5. The Labute approximate surface area is 218 Å². The number of fused-ring (bicyclic) bond motifs is 1. The normalized spacial score (nSPS) is 14.2. The number of ketones is 1. The molecular weight excluding hydrogens is 482 g/mol. The van der Waals surface area contributed by atoms with Crippen molar-refractivity contribution in [3.63, 3.8) is 0 Å². The summed E-state index contributed by atoms with van der Waals surface area (Å²) in [7, 11) is 0. The largest absolute Gasteiger partial charge is 0.486 e. The molecule has 0 atom stereocenters. The highest BCUT2D eigenvalue weighted by molar-refractivity contribution is 7.98. The van der Waals surface area contributed by atoms with Gasteiger partial charge < -0.3 is 14.4 Å². The van der Waals surface area contributed by atoms with Crippen LogP contribution in [0.5, 0.6) is 5.75 Å². The summed E-state index contributed by atoms with van der Waals surface area (Å²) in [5, 5.41) is 0.736. The van der Waals surface area contributed by atoms with Crippen LogP contribution in [0.15, 0.2) is 41.3 Å². The van der Waals surface area contributed by atoms with E-state index < -0.39 is 11.0 Å². The van der Waals surface area contributed by atoms with Gasteiger partial charge >= 0.3 is 6.09 Å². The molecule has 0 aromatic heterocycles. The summed E-state index contributed by atoms with van der Waals surface area (Å²) in [5.41, 5.74) is 2.67. The van der Waals surface area contributed by atoms with Crippen LogP contribution in [0, 0.1) is 5.41 Å². The highest BCUT2D eigenvalue weighted by Crippen LogP contribution is 2.37. The molecule has 0 N–H and O–H groups in total. The van der Waals surface area contributed by atoms with Crippen molar-refractivity contribution >= 4 is 35.2 Å². The predicted molar refractivity (Wildman–Crippen MR) is 143 cm³/mol. The smallest absolute Gasteiger partial charge is 0.410 e. The van der Waals surface area contributed by atoms with Crippen LogP contribution in [-0.2, 0) is 28.1 Å². The van der Waals surface area contributed by atoms with Gasteiger partial charge in [-0.15, -0.1) is 11.8 Å². The molecule has 0 unspecified atom stereocenters. The summed E-state index contributed by atoms with van der Waals surface area (Å²) in [6, 6.07) is 11.9. The van der Waals surface area contributed by atoms with E-state index in [2.05, 4.69) is 6.07 Å². The summed E-state index contributed by atoms with van der Waals surface area (Å²) in [4.78, 5) is 27.5. The molecule has 190 valence electrons. The number of thioether (sulfide) groups is 1. The quantitative estimate of drug-likeness (QED) is 0.387. The number of Topliss-reactive ketones (excluding diaryl/α,β-unsaturated/α-hetero) is 1. The minimum atomic E-state index is -0.511. The van der Waals surface area contributed by atoms with Crippen molar-refractivity contribution in [2.24, 2.45) is 5.41 Å². The fourth-order valence-electron chi connectivity index (χ4n) is 3.63. The van der Waals surface area contributed by atoms with Crippen molar-refractivity contribution in [3.05, 3.63) is 58.1 Å². The van der Waals surface area contributed by atoms with Crippen LogP contribution in [0.2, 0.25) is 5.02 Å². The third kappa shape index (κ3) is 7.91. The maximum atomic E-state index is 12.6. The number of amides is 1. The van der Waals surface area contributed by atoms with Crippen LogP contribution in [-0.4, -0.2) is 42.1 Å². The van der Waals surface area contributed by atoms with Crippen molar-refractivity contribution in [3.8, 4) is 5.75 Å². The van der Waals surface area contributed by atoms with Gasteiger partial charge in [-0.3, -0.25) is 4.79 Å². The monoisotopic (exact) mass is 517 g/mol. The SMILES string of the molecule is CC(C)(C)OC(=O)N1CCc2ccc(Cl)c(SCc3ccc(OCC(=O)C(C)(C)C)cc3)c2CC1. The Balaban J connectivity index is 1.63. The second-order valence-corrected chi connectivity index (χ2v) is 12.3. The summed E-state index contributed by atoms with van der Waals surface area (Å²) in [6.45, 7) is 12.6. The molecule has 0 saturated carbocycles. The molecule has 0 fully saturated rings. The molecule has 2 aromatic rings. The van der Waals surface area contributed by atoms with Gasteiger partial charge in [0.25, 0.3) is 0 Å². The molecule has 0 bridgehead atoms. The van der Waals surface area contributed by atoms with E-state index in [4.69, 9.17) is 21.1 Å². The molecule has 1 amide bonds. The van der Waals surface area contributed by atoms with Crippen molar-refractivity contribution in [1.82, 2.24) is 4.90 Å². The van der Waals surface area contributed by atoms with E-state index in [0.29, 0.717) is 18.8 Å². The minimum absolute atomic E-state index is 0.0711. The number of rotatable bonds is 6. The van der Waals surface area contributed by atoms with Gasteiger partial charge in [0.1, 0.15) is 18.0 Å². The zero-order chi connectivity index (χ0) is 25.8. The molecule has 7 heteroatoms. The Morgan fingerprint density at radius 1 is 0.971 bits per heavy atom. The first-order valence-corrected chi connectivity index (χ1v) is 13.4. The summed E-state index contributed by atoms with van der Waals surface area (Å²) >= 11 is 8.33. The van der Waals surface area contributed by atoms with E-state index in [-0.39, 0.29) is 18.5 Å². The number of nitrogens with zero attached hydrogens (tertiary/aromatic N) is 1. The summed E-state index contributed by atoms with van der Waals surface area (Å²) < 4.78 is 11.2. The molecule has 3 rings (SSSR count). The average Bonchev–Trinajstić information content (AvgIpc) is 2.98. The Bertz CT molecular complexity index is 1050. The van der Waals surface area contributed by atoms with Crippen LogP contribution >= 0.6 is 23.4 Å². The van der Waals surface area contributed by atoms with E-state index in [1.807, 2.05) is 71.9 Å². The molecule has 5 nitrogen and oxygen atoms in total. The Morgan fingerprint density at radius 3 is 2.26 bits per heavy atom. The fraction of sp³-hybridized carbons (Fsp3) is 0.500. The zero-order valence-electron chi connectivity index (χ0n) is 21.6. The third-order valence-electron chi connectivity index (χ3n) is 5.76. The van der Waals surface area contributed by atoms with Crippen molar-refractivity contribution < 1.29 is 19.1 Å². The number of ether oxygens (including phenoxy) is 2. The highest BCUT2D eigenvalue weighted by Gasteiger charge is 2.26. The zero-order valence-corrected chi connectivity index (χ0v) is 23.1. The van der Waals surface area contributed by atoms with E-state index in [0.717, 1.165) is 34.1 Å². The predicted octanol–water partition coefficient (Wildman–Crippen LogP) is 6.96. The lowest BCUT2D eigenvalue weighted by Gasteiger charge is -2.26. The molecular formula is C28H36ClNO4S. The second-order valence-electron chi connectivity index (χ2n) is 10.9. The molecule has 0 spiro atoms. The maximum absolute atomic E-state index is 12.6. The number of hydrogen-bond donors (Lipinski definition) is 0. The average molecular weight is 518 g/mol. The van der Waals surface area contributed by atoms with Gasteiger partial charge in [0, 0.05) is 29.2 Å². The van der Waals surface area contributed by atoms with Crippen LogP contribution in [0.1, 0.15) is 58.2 Å². The molecule has 1 aliphatic heterocycles. The lowest BCUT2D eigenvalue weighted by molar-refractivity contribution is -0.128. The van der Waals surface area contributed by atoms with Crippen molar-refractivity contribution in [2.75, 3.05) is 19.7 Å². The first kappa shape index (κ1) is 27.4. The molecule has 2 aromatic carbocycles. The van der Waals surface area contributed by atoms with Gasteiger partial charge in [-0.25, -0.2) is 4.79 Å². The molecule has 0 aliphatic carbocycles. The Morgan fingerprint density at radius 2 is 1.63 bits per heavy atom. The summed E-state index contributed by atoms with van der Waals surface area (Å²) in [6.07, 6.45) is 1.25. The van der Waals surface area contributed by atoms with E-state index in [1.165, 1.54) is 11.1 Å². The van der Waals surface area contributed by atoms with Crippen molar-refractivity contribution in [1.29, 1.82) is 0 Å². The number of benzene rings is 2. The van der Waals surface area contributed by atoms with E-state index in [9.17, 15) is 9.59 Å². The van der Waals surface area contributed by atoms with Gasteiger partial charge in [0.2, 0.25) is 0 Å². The van der Waals surface area contributed by atoms with Gasteiger partial charge in [-0.05, 0) is 68.5 Å². The molecule has 1 aliphatic rings. The van der Waals surface area contributed by atoms with Crippen molar-refractivity contribution in [2.45, 2.75) is 70.6 Å². The van der Waals surface area contributed by atoms with Crippen LogP contribution in [0.25, 0.3) is 0 Å². The topological polar surface area (TPSA) is 55.8 Å². The Kier molecular flexibility index (Phi) is 8.81. The third-order valence-corrected chi connectivity index (χ3v) is 7.42. The van der Waals surface area contributed by atoms with Gasteiger partial charge in [0.05, 0.1) is 5.02 Å². The lowest BCUT2D eigenvalue weighted by atomic mass is 9.91. The number of hydrogen-bond acceptors (Lipinski definition) is 5. The number of halogens is 1. The van der Waals surface area contributed by atoms with E-state index in [1.54, 1.807) is 16.7 Å². The van der Waals surface area contributed by atoms with Gasteiger partial charge in [0.15, 0.2) is 5.78 Å². The first-order valence-electron chi connectivity index (χ1n) is 12.0. The van der Waals surface area contributed by atoms with Gasteiger partial charge in [-0.1, -0.05) is 50.6 Å². The number of carbonyl (C=O) groups excluding carboxylic acids is 2. The van der Waals surface area contributed by atoms with E-state index >= 15 is 0 Å². The Hall–Kier alpha value is -2.18. The molecule has 0 saturated heterocycles. The van der Waals surface area contributed by atoms with Crippen LogP contribution in [0.4, 0.5) is 4.79 Å². The van der Waals surface area contributed by atoms with Crippen LogP contribution < -0.4 is 4.74 Å². The molecule has 35 heavy (non-hydrogen) atoms. The standard InChI is InChI=1S/C28H36ClNO4S/c1-27(2,3)24(31)17-33-21-10-7-19(8-11-21)18-35-25-22-14-16-30(26(32)34-28(4,5)6)15-13-20(22)9-12-23(25)29/h7-12H,13-18H2,1-6H3. The molecule has 0 radical (unpaired) electrons.